The van der Waals surface area contributed by atoms with Crippen LogP contribution in [-0.4, -0.2) is 24.0 Å². The van der Waals surface area contributed by atoms with E-state index in [0.717, 1.165) is 24.6 Å². The summed E-state index contributed by atoms with van der Waals surface area (Å²) >= 11 is 6.21. The van der Waals surface area contributed by atoms with Gasteiger partial charge in [0.05, 0.1) is 10.7 Å². The number of benzene rings is 1. The lowest BCUT2D eigenvalue weighted by Crippen LogP contribution is -2.18. The largest absolute Gasteiger partial charge is 0.373 e. The lowest BCUT2D eigenvalue weighted by Gasteiger charge is -2.17. The summed E-state index contributed by atoms with van der Waals surface area (Å²) in [6.07, 6.45) is 0. The van der Waals surface area contributed by atoms with E-state index in [2.05, 4.69) is 53.4 Å². The van der Waals surface area contributed by atoms with Gasteiger partial charge in [-0.25, -0.2) is 4.98 Å². The molecule has 2 aromatic rings. The monoisotopic (exact) mass is 289 g/mol. The van der Waals surface area contributed by atoms with Gasteiger partial charge in [0.1, 0.15) is 5.82 Å². The van der Waals surface area contributed by atoms with Gasteiger partial charge in [-0.1, -0.05) is 41.4 Å². The summed E-state index contributed by atoms with van der Waals surface area (Å²) in [4.78, 5) is 6.72. The van der Waals surface area contributed by atoms with Crippen LogP contribution in [0, 0.1) is 6.92 Å². The van der Waals surface area contributed by atoms with E-state index in [1.165, 1.54) is 11.1 Å². The van der Waals surface area contributed by atoms with Crippen molar-refractivity contribution in [3.8, 4) is 0 Å². The first kappa shape index (κ1) is 14.8. The Balaban J connectivity index is 2.06. The first-order valence-electron chi connectivity index (χ1n) is 6.66. The fourth-order valence-electron chi connectivity index (χ4n) is 2.17. The third kappa shape index (κ3) is 3.95. The van der Waals surface area contributed by atoms with Gasteiger partial charge in [0, 0.05) is 20.1 Å². The van der Waals surface area contributed by atoms with Crippen molar-refractivity contribution in [2.75, 3.05) is 19.4 Å². The molecule has 0 saturated carbocycles. The number of pyridine rings is 1. The Morgan fingerprint density at radius 2 is 2.00 bits per heavy atom. The van der Waals surface area contributed by atoms with Gasteiger partial charge in [0.15, 0.2) is 0 Å². The lowest BCUT2D eigenvalue weighted by molar-refractivity contribution is 0.315. The van der Waals surface area contributed by atoms with E-state index >= 15 is 0 Å². The topological polar surface area (TPSA) is 28.2 Å². The van der Waals surface area contributed by atoms with Gasteiger partial charge in [0.2, 0.25) is 0 Å². The Morgan fingerprint density at radius 1 is 1.20 bits per heavy atom. The molecule has 106 valence electrons. The number of nitrogens with zero attached hydrogens (tertiary/aromatic N) is 2. The van der Waals surface area contributed by atoms with Crippen molar-refractivity contribution in [1.29, 1.82) is 0 Å². The van der Waals surface area contributed by atoms with Gasteiger partial charge < -0.3 is 5.32 Å². The summed E-state index contributed by atoms with van der Waals surface area (Å²) in [5.74, 6) is 0.841. The van der Waals surface area contributed by atoms with Crippen LogP contribution in [0.15, 0.2) is 36.4 Å². The van der Waals surface area contributed by atoms with Crippen molar-refractivity contribution >= 4 is 17.4 Å². The molecule has 0 atom stereocenters. The predicted octanol–water partition coefficient (Wildman–Crippen LogP) is 3.72. The highest BCUT2D eigenvalue weighted by atomic mass is 35.5. The Morgan fingerprint density at radius 3 is 2.70 bits per heavy atom. The van der Waals surface area contributed by atoms with Crippen molar-refractivity contribution in [3.63, 3.8) is 0 Å². The normalized spacial score (nSPS) is 10.8. The number of aromatic nitrogens is 1. The number of hydrogen-bond acceptors (Lipinski definition) is 3. The van der Waals surface area contributed by atoms with Crippen LogP contribution in [0.25, 0.3) is 0 Å². The third-order valence-electron chi connectivity index (χ3n) is 3.13. The second-order valence-corrected chi connectivity index (χ2v) is 5.44. The molecule has 0 radical (unpaired) electrons. The van der Waals surface area contributed by atoms with Crippen LogP contribution in [0.5, 0.6) is 0 Å². The maximum Gasteiger partial charge on any atom is 0.126 e. The molecule has 20 heavy (non-hydrogen) atoms. The average molecular weight is 290 g/mol. The Hall–Kier alpha value is -1.58. The molecule has 1 heterocycles. The number of nitrogens with one attached hydrogen (secondary N) is 1. The van der Waals surface area contributed by atoms with E-state index < -0.39 is 0 Å². The van der Waals surface area contributed by atoms with Crippen LogP contribution in [-0.2, 0) is 13.1 Å². The van der Waals surface area contributed by atoms with Gasteiger partial charge in [0.25, 0.3) is 0 Å². The van der Waals surface area contributed by atoms with Gasteiger partial charge in [-0.3, -0.25) is 4.90 Å². The maximum atomic E-state index is 6.21. The molecule has 0 fully saturated rings. The van der Waals surface area contributed by atoms with Crippen LogP contribution in [0.1, 0.15) is 16.8 Å². The van der Waals surface area contributed by atoms with Crippen LogP contribution in [0.4, 0.5) is 5.82 Å². The Labute approximate surface area is 125 Å². The molecule has 3 nitrogen and oxygen atoms in total. The minimum atomic E-state index is 0.708. The van der Waals surface area contributed by atoms with Gasteiger partial charge in [-0.2, -0.15) is 0 Å². The predicted molar refractivity (Wildman–Crippen MR) is 85.1 cm³/mol. The smallest absolute Gasteiger partial charge is 0.126 e. The molecule has 0 aliphatic carbocycles. The van der Waals surface area contributed by atoms with Crippen molar-refractivity contribution in [3.05, 3.63) is 58.2 Å². The second-order valence-electron chi connectivity index (χ2n) is 5.04. The van der Waals surface area contributed by atoms with Gasteiger partial charge in [-0.05, 0) is 31.7 Å². The number of hydrogen-bond donors (Lipinski definition) is 1. The molecule has 1 aromatic heterocycles. The van der Waals surface area contributed by atoms with E-state index in [0.29, 0.717) is 5.02 Å². The minimum absolute atomic E-state index is 0.708. The SMILES string of the molecule is CNc1ccc(Cl)c(CN(C)Cc2cccc(C)c2)n1. The van der Waals surface area contributed by atoms with E-state index in [-0.39, 0.29) is 0 Å². The highest BCUT2D eigenvalue weighted by Gasteiger charge is 2.08. The van der Waals surface area contributed by atoms with Crippen molar-refractivity contribution in [2.24, 2.45) is 0 Å². The summed E-state index contributed by atoms with van der Waals surface area (Å²) in [6, 6.07) is 12.3. The summed E-state index contributed by atoms with van der Waals surface area (Å²) in [6.45, 7) is 3.71. The Bertz CT molecular complexity index is 584. The third-order valence-corrected chi connectivity index (χ3v) is 3.47. The molecule has 4 heteroatoms. The molecule has 0 unspecified atom stereocenters. The number of anilines is 1. The number of rotatable bonds is 5. The molecule has 1 N–H and O–H groups in total. The highest BCUT2D eigenvalue weighted by Crippen LogP contribution is 2.18. The zero-order valence-corrected chi connectivity index (χ0v) is 12.9. The molecule has 2 rings (SSSR count). The zero-order chi connectivity index (χ0) is 14.5. The molecule has 0 saturated heterocycles. The van der Waals surface area contributed by atoms with Crippen LogP contribution in [0.3, 0.4) is 0 Å². The zero-order valence-electron chi connectivity index (χ0n) is 12.2. The molecular weight excluding hydrogens is 270 g/mol. The lowest BCUT2D eigenvalue weighted by atomic mass is 10.1. The first-order valence-corrected chi connectivity index (χ1v) is 7.03. The number of halogens is 1. The van der Waals surface area contributed by atoms with Crippen LogP contribution in [0.2, 0.25) is 5.02 Å². The minimum Gasteiger partial charge on any atom is -0.373 e. The average Bonchev–Trinajstić information content (AvgIpc) is 2.41. The van der Waals surface area contributed by atoms with Crippen molar-refractivity contribution in [2.45, 2.75) is 20.0 Å². The van der Waals surface area contributed by atoms with Crippen molar-refractivity contribution in [1.82, 2.24) is 9.88 Å². The number of aryl methyl sites for hydroxylation is 1. The standard InChI is InChI=1S/C16H20ClN3/c1-12-5-4-6-13(9-12)10-20(3)11-15-14(17)7-8-16(18-2)19-15/h4-9H,10-11H2,1-3H3,(H,18,19). The maximum absolute atomic E-state index is 6.21. The molecule has 1 aromatic carbocycles. The van der Waals surface area contributed by atoms with Crippen LogP contribution < -0.4 is 5.32 Å². The molecule has 0 aliphatic heterocycles. The summed E-state index contributed by atoms with van der Waals surface area (Å²) in [7, 11) is 3.93. The van der Waals surface area contributed by atoms with E-state index in [1.54, 1.807) is 0 Å². The quantitative estimate of drug-likeness (QED) is 0.909. The molecule has 0 aliphatic rings. The molecular formula is C16H20ClN3. The summed E-state index contributed by atoms with van der Waals surface area (Å²) < 4.78 is 0. The van der Waals surface area contributed by atoms with E-state index in [9.17, 15) is 0 Å². The van der Waals surface area contributed by atoms with Crippen LogP contribution >= 0.6 is 11.6 Å². The first-order chi connectivity index (χ1) is 9.58. The molecule has 0 bridgehead atoms. The summed E-state index contributed by atoms with van der Waals surface area (Å²) in [5.41, 5.74) is 3.48. The van der Waals surface area contributed by atoms with Gasteiger partial charge >= 0.3 is 0 Å². The fourth-order valence-corrected chi connectivity index (χ4v) is 2.33. The molecule has 0 amide bonds. The van der Waals surface area contributed by atoms with E-state index in [4.69, 9.17) is 11.6 Å². The molecule has 0 spiro atoms. The van der Waals surface area contributed by atoms with Crippen molar-refractivity contribution < 1.29 is 0 Å². The highest BCUT2D eigenvalue weighted by molar-refractivity contribution is 6.31. The Kier molecular flexibility index (Phi) is 4.99. The second kappa shape index (κ2) is 6.73. The van der Waals surface area contributed by atoms with Gasteiger partial charge in [-0.15, -0.1) is 0 Å². The summed E-state index contributed by atoms with van der Waals surface area (Å²) in [5, 5.41) is 3.75. The fraction of sp³-hybridized carbons (Fsp3) is 0.312. The van der Waals surface area contributed by atoms with E-state index in [1.807, 2.05) is 19.2 Å².